The number of phenols is 1. The Bertz CT molecular complexity index is 439. The fraction of sp³-hybridized carbons (Fsp3) is 0.462. The molecule has 1 N–H and O–H groups in total. The maximum absolute atomic E-state index is 12.2. The van der Waals surface area contributed by atoms with Crippen LogP contribution in [-0.4, -0.2) is 34.5 Å². The van der Waals surface area contributed by atoms with E-state index in [0.717, 1.165) is 5.69 Å². The lowest BCUT2D eigenvalue weighted by Gasteiger charge is -2.36. The molecule has 1 unspecified atom stereocenters. The number of hydrazine groups is 1. The average Bonchev–Trinajstić information content (AvgIpc) is 2.42. The van der Waals surface area contributed by atoms with Crippen LogP contribution in [0.5, 0.6) is 5.75 Å². The molecule has 92 valence electrons. The van der Waals surface area contributed by atoms with Crippen LogP contribution in [0.4, 0.5) is 5.69 Å². The number of likely N-dealkylation sites (N-methyl/N-ethyl adjacent to an activating group) is 1. The first kappa shape index (κ1) is 11.9. The zero-order valence-electron chi connectivity index (χ0n) is 10.6. The second-order valence-electron chi connectivity index (χ2n) is 5.00. The van der Waals surface area contributed by atoms with E-state index in [2.05, 4.69) is 0 Å². The van der Waals surface area contributed by atoms with Gasteiger partial charge in [0.25, 0.3) is 0 Å². The summed E-state index contributed by atoms with van der Waals surface area (Å²) < 4.78 is 0. The highest BCUT2D eigenvalue weighted by molar-refractivity contribution is 5.97. The van der Waals surface area contributed by atoms with Crippen molar-refractivity contribution in [3.8, 4) is 5.75 Å². The maximum Gasteiger partial charge on any atom is 0.177 e. The van der Waals surface area contributed by atoms with Crippen molar-refractivity contribution in [1.82, 2.24) is 5.01 Å². The highest BCUT2D eigenvalue weighted by Crippen LogP contribution is 2.34. The van der Waals surface area contributed by atoms with Gasteiger partial charge in [-0.2, -0.15) is 0 Å². The fourth-order valence-electron chi connectivity index (χ4n) is 2.45. The predicted molar refractivity (Wildman–Crippen MR) is 66.9 cm³/mol. The summed E-state index contributed by atoms with van der Waals surface area (Å²) in [4.78, 5) is 12.2. The number of aromatic hydroxyl groups is 1. The van der Waals surface area contributed by atoms with Crippen LogP contribution in [0.3, 0.4) is 0 Å². The number of phenolic OH excluding ortho intramolecular Hbond substituents is 1. The van der Waals surface area contributed by atoms with Gasteiger partial charge >= 0.3 is 0 Å². The lowest BCUT2D eigenvalue weighted by molar-refractivity contribution is -0.122. The van der Waals surface area contributed by atoms with E-state index < -0.39 is 5.54 Å². The minimum absolute atomic E-state index is 0.126. The molecule has 1 heterocycles. The molecule has 1 fully saturated rings. The molecule has 0 aliphatic carbocycles. The van der Waals surface area contributed by atoms with E-state index >= 15 is 0 Å². The molecule has 1 aliphatic rings. The Labute approximate surface area is 101 Å². The van der Waals surface area contributed by atoms with E-state index in [0.29, 0.717) is 0 Å². The third kappa shape index (κ3) is 1.69. The summed E-state index contributed by atoms with van der Waals surface area (Å²) in [7, 11) is 1.91. The molecule has 17 heavy (non-hydrogen) atoms. The van der Waals surface area contributed by atoms with Crippen molar-refractivity contribution in [2.45, 2.75) is 32.4 Å². The summed E-state index contributed by atoms with van der Waals surface area (Å²) in [5.41, 5.74) is 0.360. The molecular formula is C13H18N2O2. The minimum Gasteiger partial charge on any atom is -0.508 e. The first-order chi connectivity index (χ1) is 7.85. The largest absolute Gasteiger partial charge is 0.508 e. The fourth-order valence-corrected chi connectivity index (χ4v) is 2.45. The minimum atomic E-state index is -0.550. The SMILES string of the molecule is CC1C(=O)C(C)(C)N(c2ccc(O)cc2)N1C. The normalized spacial score (nSPS) is 24.4. The van der Waals surface area contributed by atoms with Crippen LogP contribution in [-0.2, 0) is 4.79 Å². The van der Waals surface area contributed by atoms with Crippen LogP contribution in [0.25, 0.3) is 0 Å². The van der Waals surface area contributed by atoms with Crippen LogP contribution >= 0.6 is 0 Å². The van der Waals surface area contributed by atoms with E-state index in [4.69, 9.17) is 0 Å². The molecule has 0 aromatic heterocycles. The molecule has 1 atom stereocenters. The van der Waals surface area contributed by atoms with Gasteiger partial charge in [0.1, 0.15) is 11.3 Å². The van der Waals surface area contributed by atoms with Crippen LogP contribution < -0.4 is 5.01 Å². The number of benzene rings is 1. The Kier molecular flexibility index (Phi) is 2.62. The van der Waals surface area contributed by atoms with E-state index in [1.54, 1.807) is 12.1 Å². The molecule has 0 amide bonds. The van der Waals surface area contributed by atoms with Gasteiger partial charge in [-0.05, 0) is 45.0 Å². The lowest BCUT2D eigenvalue weighted by Crippen LogP contribution is -2.47. The first-order valence-electron chi connectivity index (χ1n) is 5.72. The Morgan fingerprint density at radius 1 is 1.24 bits per heavy atom. The lowest BCUT2D eigenvalue weighted by atomic mass is 9.96. The van der Waals surface area contributed by atoms with Crippen molar-refractivity contribution < 1.29 is 9.90 Å². The van der Waals surface area contributed by atoms with E-state index in [-0.39, 0.29) is 17.6 Å². The number of hydrogen-bond acceptors (Lipinski definition) is 4. The molecule has 4 heteroatoms. The van der Waals surface area contributed by atoms with Gasteiger partial charge in [0.15, 0.2) is 5.78 Å². The average molecular weight is 234 g/mol. The van der Waals surface area contributed by atoms with Crippen molar-refractivity contribution in [2.24, 2.45) is 0 Å². The van der Waals surface area contributed by atoms with Gasteiger partial charge in [-0.3, -0.25) is 9.80 Å². The van der Waals surface area contributed by atoms with Crippen molar-refractivity contribution >= 4 is 11.5 Å². The van der Waals surface area contributed by atoms with Crippen LogP contribution in [0.2, 0.25) is 0 Å². The summed E-state index contributed by atoms with van der Waals surface area (Å²) in [5.74, 6) is 0.431. The second kappa shape index (κ2) is 3.74. The van der Waals surface area contributed by atoms with E-state index in [9.17, 15) is 9.90 Å². The first-order valence-corrected chi connectivity index (χ1v) is 5.72. The summed E-state index contributed by atoms with van der Waals surface area (Å²) >= 11 is 0. The van der Waals surface area contributed by atoms with Crippen molar-refractivity contribution in [2.75, 3.05) is 12.1 Å². The Morgan fingerprint density at radius 2 is 1.76 bits per heavy atom. The zero-order valence-corrected chi connectivity index (χ0v) is 10.6. The van der Waals surface area contributed by atoms with Crippen LogP contribution in [0, 0.1) is 0 Å². The smallest absolute Gasteiger partial charge is 0.177 e. The molecule has 1 aromatic carbocycles. The quantitative estimate of drug-likeness (QED) is 0.804. The molecule has 0 radical (unpaired) electrons. The van der Waals surface area contributed by atoms with Gasteiger partial charge in [0.2, 0.25) is 0 Å². The molecule has 0 saturated carbocycles. The molecule has 1 aliphatic heterocycles. The number of nitrogens with zero attached hydrogens (tertiary/aromatic N) is 2. The third-order valence-corrected chi connectivity index (χ3v) is 3.48. The van der Waals surface area contributed by atoms with E-state index in [1.807, 2.05) is 50.0 Å². The highest BCUT2D eigenvalue weighted by Gasteiger charge is 2.48. The summed E-state index contributed by atoms with van der Waals surface area (Å²) in [5, 5.41) is 13.2. The van der Waals surface area contributed by atoms with Gasteiger partial charge in [0.05, 0.1) is 11.7 Å². The summed E-state index contributed by atoms with van der Waals surface area (Å²) in [6.45, 7) is 5.74. The summed E-state index contributed by atoms with van der Waals surface area (Å²) in [6.07, 6.45) is 0. The molecule has 2 rings (SSSR count). The number of Topliss-reactive ketones (excluding diaryl/α,β-unsaturated/α-hetero) is 1. The third-order valence-electron chi connectivity index (χ3n) is 3.48. The van der Waals surface area contributed by atoms with E-state index in [1.165, 1.54) is 0 Å². The second-order valence-corrected chi connectivity index (χ2v) is 5.00. The van der Waals surface area contributed by atoms with Gasteiger partial charge in [-0.1, -0.05) is 0 Å². The molecule has 1 aromatic rings. The number of carbonyl (C=O) groups is 1. The maximum atomic E-state index is 12.2. The predicted octanol–water partition coefficient (Wildman–Crippen LogP) is 1.80. The van der Waals surface area contributed by atoms with Crippen molar-refractivity contribution in [3.05, 3.63) is 24.3 Å². The number of anilines is 1. The Morgan fingerprint density at radius 3 is 2.18 bits per heavy atom. The number of hydrogen-bond donors (Lipinski definition) is 1. The molecular weight excluding hydrogens is 216 g/mol. The molecule has 0 bridgehead atoms. The molecule has 4 nitrogen and oxygen atoms in total. The zero-order chi connectivity index (χ0) is 12.8. The summed E-state index contributed by atoms with van der Waals surface area (Å²) in [6, 6.07) is 6.77. The Hall–Kier alpha value is -1.55. The number of ketones is 1. The number of rotatable bonds is 1. The van der Waals surface area contributed by atoms with Gasteiger partial charge in [0, 0.05) is 7.05 Å². The Balaban J connectivity index is 2.44. The molecule has 0 spiro atoms. The van der Waals surface area contributed by atoms with Crippen molar-refractivity contribution in [1.29, 1.82) is 0 Å². The van der Waals surface area contributed by atoms with Gasteiger partial charge in [-0.15, -0.1) is 0 Å². The monoisotopic (exact) mass is 234 g/mol. The molecule has 1 saturated heterocycles. The highest BCUT2D eigenvalue weighted by atomic mass is 16.3. The standard InChI is InChI=1S/C13H18N2O2/c1-9-12(17)13(2,3)15(14(9)4)10-5-7-11(16)8-6-10/h5-9,16H,1-4H3. The van der Waals surface area contributed by atoms with Gasteiger partial charge < -0.3 is 5.11 Å². The van der Waals surface area contributed by atoms with Gasteiger partial charge in [-0.25, -0.2) is 5.01 Å². The van der Waals surface area contributed by atoms with Crippen LogP contribution in [0.1, 0.15) is 20.8 Å². The number of carbonyl (C=O) groups excluding carboxylic acids is 1. The topological polar surface area (TPSA) is 43.8 Å². The van der Waals surface area contributed by atoms with Crippen molar-refractivity contribution in [3.63, 3.8) is 0 Å². The van der Waals surface area contributed by atoms with Crippen LogP contribution in [0.15, 0.2) is 24.3 Å².